The molecule has 0 amide bonds. The third kappa shape index (κ3) is 3.45. The molecule has 0 radical (unpaired) electrons. The zero-order valence-corrected chi connectivity index (χ0v) is 15.8. The lowest BCUT2D eigenvalue weighted by atomic mass is 10.1. The van der Waals surface area contributed by atoms with Crippen molar-refractivity contribution in [3.8, 4) is 22.8 Å². The van der Waals surface area contributed by atoms with Gasteiger partial charge >= 0.3 is 5.97 Å². The smallest absolute Gasteiger partial charge is 0.344 e. The summed E-state index contributed by atoms with van der Waals surface area (Å²) in [6.45, 7) is 4.09. The van der Waals surface area contributed by atoms with Crippen molar-refractivity contribution in [1.82, 2.24) is 9.78 Å². The molecule has 4 nitrogen and oxygen atoms in total. The lowest BCUT2D eigenvalue weighted by Gasteiger charge is -2.12. The van der Waals surface area contributed by atoms with Gasteiger partial charge in [-0.25, -0.2) is 4.79 Å². The zero-order valence-electron chi connectivity index (χ0n) is 15.8. The maximum atomic E-state index is 12.6. The van der Waals surface area contributed by atoms with Crippen molar-refractivity contribution in [3.05, 3.63) is 102 Å². The van der Waals surface area contributed by atoms with Crippen LogP contribution < -0.4 is 4.74 Å². The van der Waals surface area contributed by atoms with Crippen LogP contribution in [0.4, 0.5) is 0 Å². The predicted molar refractivity (Wildman–Crippen MR) is 110 cm³/mol. The molecule has 138 valence electrons. The summed E-state index contributed by atoms with van der Waals surface area (Å²) in [5.74, 6) is -0.0203. The minimum Gasteiger partial charge on any atom is -0.404 e. The van der Waals surface area contributed by atoms with Crippen LogP contribution >= 0.6 is 0 Å². The molecule has 4 rings (SSSR count). The Labute approximate surface area is 164 Å². The summed E-state index contributed by atoms with van der Waals surface area (Å²) in [5, 5.41) is 4.74. The molecule has 0 fully saturated rings. The highest BCUT2D eigenvalue weighted by Crippen LogP contribution is 2.29. The lowest BCUT2D eigenvalue weighted by Crippen LogP contribution is -2.12. The molecule has 0 unspecified atom stereocenters. The van der Waals surface area contributed by atoms with Gasteiger partial charge in [0.1, 0.15) is 0 Å². The molecule has 0 atom stereocenters. The number of aromatic nitrogens is 2. The Balaban J connectivity index is 1.80. The summed E-state index contributed by atoms with van der Waals surface area (Å²) < 4.78 is 7.44. The number of hydrogen-bond acceptors (Lipinski definition) is 3. The fourth-order valence-electron chi connectivity index (χ4n) is 3.05. The average molecular weight is 368 g/mol. The van der Waals surface area contributed by atoms with Crippen LogP contribution in [-0.4, -0.2) is 15.7 Å². The van der Waals surface area contributed by atoms with Crippen molar-refractivity contribution in [1.29, 1.82) is 0 Å². The summed E-state index contributed by atoms with van der Waals surface area (Å²) in [7, 11) is 0. The molecule has 0 saturated carbocycles. The molecule has 3 aromatic carbocycles. The Kier molecular flexibility index (Phi) is 4.77. The standard InChI is InChI=1S/C24H20N2O2/c1-17-10-9-15-22(18(17)2)26-23(28-24(27)20-13-7-4-8-14-20)16-21(25-26)19-11-5-3-6-12-19/h3-16H,1-2H3. The van der Waals surface area contributed by atoms with E-state index in [0.717, 1.165) is 28.1 Å². The number of nitrogens with zero attached hydrogens (tertiary/aromatic N) is 2. The van der Waals surface area contributed by atoms with Gasteiger partial charge in [-0.05, 0) is 43.2 Å². The van der Waals surface area contributed by atoms with Gasteiger partial charge in [0.2, 0.25) is 5.88 Å². The second-order valence-electron chi connectivity index (χ2n) is 6.62. The molecule has 4 heteroatoms. The number of rotatable bonds is 4. The average Bonchev–Trinajstić information content (AvgIpc) is 3.15. The summed E-state index contributed by atoms with van der Waals surface area (Å²) >= 11 is 0. The van der Waals surface area contributed by atoms with E-state index in [4.69, 9.17) is 9.84 Å². The molecular weight excluding hydrogens is 348 g/mol. The van der Waals surface area contributed by atoms with Crippen LogP contribution in [0.15, 0.2) is 84.9 Å². The number of esters is 1. The quantitative estimate of drug-likeness (QED) is 0.455. The summed E-state index contributed by atoms with van der Waals surface area (Å²) in [5.41, 5.74) is 5.33. The van der Waals surface area contributed by atoms with Crippen LogP contribution in [0.5, 0.6) is 5.88 Å². The molecule has 0 N–H and O–H groups in total. The van der Waals surface area contributed by atoms with E-state index in [1.54, 1.807) is 22.9 Å². The first-order valence-corrected chi connectivity index (χ1v) is 9.13. The fraction of sp³-hybridized carbons (Fsp3) is 0.0833. The number of benzene rings is 3. The van der Waals surface area contributed by atoms with E-state index in [-0.39, 0.29) is 0 Å². The normalized spacial score (nSPS) is 10.6. The monoisotopic (exact) mass is 368 g/mol. The second-order valence-corrected chi connectivity index (χ2v) is 6.62. The topological polar surface area (TPSA) is 44.1 Å². The van der Waals surface area contributed by atoms with Gasteiger partial charge in [0.05, 0.1) is 16.9 Å². The SMILES string of the molecule is Cc1cccc(-n2nc(-c3ccccc3)cc2OC(=O)c2ccccc2)c1C. The van der Waals surface area contributed by atoms with E-state index < -0.39 is 5.97 Å². The first kappa shape index (κ1) is 17.7. The largest absolute Gasteiger partial charge is 0.404 e. The van der Waals surface area contributed by atoms with Crippen molar-refractivity contribution < 1.29 is 9.53 Å². The van der Waals surface area contributed by atoms with E-state index in [1.807, 2.05) is 67.6 Å². The first-order valence-electron chi connectivity index (χ1n) is 9.13. The minimum atomic E-state index is -0.410. The number of carbonyl (C=O) groups is 1. The van der Waals surface area contributed by atoms with Gasteiger partial charge < -0.3 is 4.74 Å². The van der Waals surface area contributed by atoms with E-state index in [0.29, 0.717) is 11.4 Å². The molecule has 0 aliphatic heterocycles. The van der Waals surface area contributed by atoms with Gasteiger partial charge in [-0.2, -0.15) is 9.78 Å². The molecular formula is C24H20N2O2. The third-order valence-corrected chi connectivity index (χ3v) is 4.76. The summed E-state index contributed by atoms with van der Waals surface area (Å²) in [6.07, 6.45) is 0. The lowest BCUT2D eigenvalue weighted by molar-refractivity contribution is 0.0723. The Morgan fingerprint density at radius 1 is 0.857 bits per heavy atom. The Bertz CT molecular complexity index is 1120. The number of ether oxygens (including phenoxy) is 1. The van der Waals surface area contributed by atoms with Crippen molar-refractivity contribution >= 4 is 5.97 Å². The minimum absolute atomic E-state index is 0.390. The van der Waals surface area contributed by atoms with Gasteiger partial charge in [0.15, 0.2) is 0 Å². The van der Waals surface area contributed by atoms with Crippen LogP contribution in [-0.2, 0) is 0 Å². The molecule has 4 aromatic rings. The third-order valence-electron chi connectivity index (χ3n) is 4.76. The van der Waals surface area contributed by atoms with E-state index in [2.05, 4.69) is 13.0 Å². The number of aryl methyl sites for hydroxylation is 1. The summed E-state index contributed by atoms with van der Waals surface area (Å²) in [6, 6.07) is 26.6. The molecule has 1 heterocycles. The molecule has 0 aliphatic rings. The highest BCUT2D eigenvalue weighted by molar-refractivity contribution is 5.91. The maximum Gasteiger partial charge on any atom is 0.344 e. The molecule has 0 saturated heterocycles. The van der Waals surface area contributed by atoms with Gasteiger partial charge in [0, 0.05) is 11.6 Å². The maximum absolute atomic E-state index is 12.6. The van der Waals surface area contributed by atoms with Crippen molar-refractivity contribution in [2.24, 2.45) is 0 Å². The molecule has 1 aromatic heterocycles. The van der Waals surface area contributed by atoms with Crippen LogP contribution in [0.25, 0.3) is 16.9 Å². The van der Waals surface area contributed by atoms with Crippen LogP contribution in [0, 0.1) is 13.8 Å². The summed E-state index contributed by atoms with van der Waals surface area (Å²) in [4.78, 5) is 12.6. The van der Waals surface area contributed by atoms with Crippen LogP contribution in [0.1, 0.15) is 21.5 Å². The van der Waals surface area contributed by atoms with Gasteiger partial charge in [-0.1, -0.05) is 60.7 Å². The van der Waals surface area contributed by atoms with Crippen molar-refractivity contribution in [2.45, 2.75) is 13.8 Å². The van der Waals surface area contributed by atoms with Gasteiger partial charge in [0.25, 0.3) is 0 Å². The zero-order chi connectivity index (χ0) is 19.5. The predicted octanol–water partition coefficient (Wildman–Crippen LogP) is 5.38. The molecule has 0 spiro atoms. The van der Waals surface area contributed by atoms with Crippen LogP contribution in [0.2, 0.25) is 0 Å². The van der Waals surface area contributed by atoms with Crippen molar-refractivity contribution in [2.75, 3.05) is 0 Å². The first-order chi connectivity index (χ1) is 13.6. The molecule has 0 bridgehead atoms. The molecule has 0 aliphatic carbocycles. The molecule has 28 heavy (non-hydrogen) atoms. The highest BCUT2D eigenvalue weighted by atomic mass is 16.5. The van der Waals surface area contributed by atoms with Gasteiger partial charge in [-0.3, -0.25) is 0 Å². The van der Waals surface area contributed by atoms with E-state index in [9.17, 15) is 4.79 Å². The Morgan fingerprint density at radius 3 is 2.25 bits per heavy atom. The fourth-order valence-corrected chi connectivity index (χ4v) is 3.05. The Hall–Kier alpha value is -3.66. The number of hydrogen-bond donors (Lipinski definition) is 0. The second kappa shape index (κ2) is 7.53. The number of carbonyl (C=O) groups excluding carboxylic acids is 1. The highest BCUT2D eigenvalue weighted by Gasteiger charge is 2.18. The van der Waals surface area contributed by atoms with E-state index in [1.165, 1.54) is 0 Å². The van der Waals surface area contributed by atoms with Crippen molar-refractivity contribution in [3.63, 3.8) is 0 Å². The van der Waals surface area contributed by atoms with Crippen LogP contribution in [0.3, 0.4) is 0 Å². The van der Waals surface area contributed by atoms with Gasteiger partial charge in [-0.15, -0.1) is 0 Å². The Morgan fingerprint density at radius 2 is 1.54 bits per heavy atom. The van der Waals surface area contributed by atoms with E-state index >= 15 is 0 Å².